The first kappa shape index (κ1) is 18.7. The molecule has 1 saturated heterocycles. The molecule has 0 aromatic heterocycles. The van der Waals surface area contributed by atoms with E-state index >= 15 is 0 Å². The van der Waals surface area contributed by atoms with Gasteiger partial charge in [-0.05, 0) is 42.8 Å². The minimum absolute atomic E-state index is 0.0434. The van der Waals surface area contributed by atoms with Crippen molar-refractivity contribution in [2.45, 2.75) is 13.0 Å². The summed E-state index contributed by atoms with van der Waals surface area (Å²) in [5.74, 6) is 2.93. The van der Waals surface area contributed by atoms with Crippen LogP contribution in [0.4, 0.5) is 5.69 Å². The first-order valence-corrected chi connectivity index (χ1v) is 10.4. The normalized spacial score (nSPS) is 18.5. The largest absolute Gasteiger partial charge is 0.485 e. The number of hydrogen-bond acceptors (Lipinski definition) is 5. The summed E-state index contributed by atoms with van der Waals surface area (Å²) in [6.07, 6.45) is -0.721. The smallest absolute Gasteiger partial charge is 0.269 e. The molecule has 6 nitrogen and oxygen atoms in total. The van der Waals surface area contributed by atoms with E-state index in [2.05, 4.69) is 5.32 Å². The number of aryl methyl sites for hydroxylation is 1. The molecule has 1 fully saturated rings. The summed E-state index contributed by atoms with van der Waals surface area (Å²) in [4.78, 5) is 27.1. The first-order chi connectivity index (χ1) is 13.6. The van der Waals surface area contributed by atoms with E-state index in [0.29, 0.717) is 22.7 Å². The summed E-state index contributed by atoms with van der Waals surface area (Å²) < 4.78 is 11.4. The van der Waals surface area contributed by atoms with Gasteiger partial charge in [-0.15, -0.1) is 0 Å². The maximum Gasteiger partial charge on any atom is 0.269 e. The van der Waals surface area contributed by atoms with Gasteiger partial charge in [0.15, 0.2) is 11.5 Å². The summed E-state index contributed by atoms with van der Waals surface area (Å²) in [6, 6.07) is 12.6. The zero-order valence-corrected chi connectivity index (χ0v) is 16.5. The fourth-order valence-electron chi connectivity index (χ4n) is 3.25. The van der Waals surface area contributed by atoms with Crippen molar-refractivity contribution in [1.29, 1.82) is 0 Å². The number of anilines is 1. The summed E-state index contributed by atoms with van der Waals surface area (Å²) in [7, 11) is 0. The van der Waals surface area contributed by atoms with E-state index < -0.39 is 6.10 Å². The third-order valence-corrected chi connectivity index (χ3v) is 5.77. The predicted molar refractivity (Wildman–Crippen MR) is 109 cm³/mol. The lowest BCUT2D eigenvalue weighted by atomic mass is 10.1. The van der Waals surface area contributed by atoms with Crippen molar-refractivity contribution in [2.24, 2.45) is 0 Å². The van der Waals surface area contributed by atoms with E-state index in [9.17, 15) is 9.59 Å². The van der Waals surface area contributed by atoms with Crippen LogP contribution in [0.5, 0.6) is 11.5 Å². The van der Waals surface area contributed by atoms with Gasteiger partial charge in [0.05, 0.1) is 0 Å². The maximum absolute atomic E-state index is 12.6. The van der Waals surface area contributed by atoms with Crippen LogP contribution in [0.1, 0.15) is 15.9 Å². The Morgan fingerprint density at radius 3 is 2.61 bits per heavy atom. The van der Waals surface area contributed by atoms with Crippen LogP contribution in [0.25, 0.3) is 0 Å². The minimum atomic E-state index is -0.721. The van der Waals surface area contributed by atoms with Gasteiger partial charge in [0.2, 0.25) is 6.10 Å². The van der Waals surface area contributed by atoms with Gasteiger partial charge < -0.3 is 19.7 Å². The molecule has 1 atom stereocenters. The zero-order valence-electron chi connectivity index (χ0n) is 15.6. The molecule has 2 heterocycles. The van der Waals surface area contributed by atoms with Crippen molar-refractivity contribution >= 4 is 29.3 Å². The quantitative estimate of drug-likeness (QED) is 0.861. The average molecular weight is 398 g/mol. The van der Waals surface area contributed by atoms with Gasteiger partial charge in [0.25, 0.3) is 11.8 Å². The molecule has 2 aliphatic rings. The van der Waals surface area contributed by atoms with Gasteiger partial charge in [0, 0.05) is 35.8 Å². The van der Waals surface area contributed by atoms with Gasteiger partial charge in [0.1, 0.15) is 6.61 Å². The molecule has 0 saturated carbocycles. The molecule has 0 unspecified atom stereocenters. The van der Waals surface area contributed by atoms with E-state index in [1.54, 1.807) is 18.2 Å². The Labute approximate surface area is 168 Å². The number of benzene rings is 2. The van der Waals surface area contributed by atoms with E-state index in [-0.39, 0.29) is 18.4 Å². The third-order valence-electron chi connectivity index (χ3n) is 4.83. The standard InChI is InChI=1S/C21H22N2O4S/c1-14-12-15(21(25)23-8-10-28-11-9-23)6-7-16(14)22-20(24)19-13-26-17-4-2-3-5-18(17)27-19/h2-7,12,19H,8-11,13H2,1H3,(H,22,24)/t19-/m1/s1. The second-order valence-electron chi connectivity index (χ2n) is 6.79. The molecular formula is C21H22N2O4S. The van der Waals surface area contributed by atoms with Gasteiger partial charge in [-0.25, -0.2) is 0 Å². The summed E-state index contributed by atoms with van der Waals surface area (Å²) in [5.41, 5.74) is 2.15. The number of hydrogen-bond donors (Lipinski definition) is 1. The minimum Gasteiger partial charge on any atom is -0.485 e. The number of para-hydroxylation sites is 2. The zero-order chi connectivity index (χ0) is 19.5. The molecule has 2 aromatic carbocycles. The van der Waals surface area contributed by atoms with Gasteiger partial charge in [-0.1, -0.05) is 12.1 Å². The van der Waals surface area contributed by atoms with Crippen LogP contribution < -0.4 is 14.8 Å². The molecule has 1 N–H and O–H groups in total. The number of nitrogens with zero attached hydrogens (tertiary/aromatic N) is 1. The molecule has 0 spiro atoms. The molecule has 0 bridgehead atoms. The Kier molecular flexibility index (Phi) is 5.43. The molecule has 0 aliphatic carbocycles. The summed E-state index contributed by atoms with van der Waals surface area (Å²) in [5, 5.41) is 2.88. The molecule has 4 rings (SSSR count). The van der Waals surface area contributed by atoms with E-state index in [1.807, 2.05) is 47.9 Å². The number of ether oxygens (including phenoxy) is 2. The number of nitrogens with one attached hydrogen (secondary N) is 1. The highest BCUT2D eigenvalue weighted by Gasteiger charge is 2.28. The lowest BCUT2D eigenvalue weighted by Gasteiger charge is -2.27. The van der Waals surface area contributed by atoms with Crippen LogP contribution in [0.2, 0.25) is 0 Å². The second-order valence-corrected chi connectivity index (χ2v) is 8.01. The molecule has 28 heavy (non-hydrogen) atoms. The third kappa shape index (κ3) is 3.94. The number of thioether (sulfide) groups is 1. The van der Waals surface area contributed by atoms with E-state index in [0.717, 1.165) is 30.2 Å². The maximum atomic E-state index is 12.6. The highest BCUT2D eigenvalue weighted by molar-refractivity contribution is 7.99. The van der Waals surface area contributed by atoms with Gasteiger partial charge >= 0.3 is 0 Å². The average Bonchev–Trinajstić information content (AvgIpc) is 2.74. The highest BCUT2D eigenvalue weighted by Crippen LogP contribution is 2.31. The lowest BCUT2D eigenvalue weighted by molar-refractivity contribution is -0.125. The summed E-state index contributed by atoms with van der Waals surface area (Å²) in [6.45, 7) is 3.60. The summed E-state index contributed by atoms with van der Waals surface area (Å²) >= 11 is 1.87. The Morgan fingerprint density at radius 1 is 1.11 bits per heavy atom. The number of carbonyl (C=O) groups excluding carboxylic acids is 2. The molecule has 2 aliphatic heterocycles. The Morgan fingerprint density at radius 2 is 1.86 bits per heavy atom. The molecule has 7 heteroatoms. The van der Waals surface area contributed by atoms with Crippen LogP contribution in [0, 0.1) is 6.92 Å². The molecule has 0 radical (unpaired) electrons. The van der Waals surface area contributed by atoms with Gasteiger partial charge in [-0.3, -0.25) is 9.59 Å². The van der Waals surface area contributed by atoms with Crippen LogP contribution >= 0.6 is 11.8 Å². The lowest BCUT2D eigenvalue weighted by Crippen LogP contribution is -2.40. The Hall–Kier alpha value is -2.67. The van der Waals surface area contributed by atoms with Crippen molar-refractivity contribution in [3.8, 4) is 11.5 Å². The highest BCUT2D eigenvalue weighted by atomic mass is 32.2. The monoisotopic (exact) mass is 398 g/mol. The van der Waals surface area contributed by atoms with E-state index in [4.69, 9.17) is 9.47 Å². The fraction of sp³-hybridized carbons (Fsp3) is 0.333. The van der Waals surface area contributed by atoms with Crippen molar-refractivity contribution in [1.82, 2.24) is 4.90 Å². The molecule has 146 valence electrons. The fourth-order valence-corrected chi connectivity index (χ4v) is 4.15. The Balaban J connectivity index is 1.42. The molecular weight excluding hydrogens is 376 g/mol. The van der Waals surface area contributed by atoms with Gasteiger partial charge in [-0.2, -0.15) is 11.8 Å². The predicted octanol–water partition coefficient (Wildman–Crippen LogP) is 2.96. The number of rotatable bonds is 3. The number of carbonyl (C=O) groups is 2. The SMILES string of the molecule is Cc1cc(C(=O)N2CCSCC2)ccc1NC(=O)[C@H]1COc2ccccc2O1. The molecule has 2 aromatic rings. The van der Waals surface area contributed by atoms with Crippen LogP contribution in [-0.4, -0.2) is 54.0 Å². The Bertz CT molecular complexity index is 896. The molecule has 2 amide bonds. The van der Waals surface area contributed by atoms with Crippen molar-refractivity contribution in [2.75, 3.05) is 36.5 Å². The van der Waals surface area contributed by atoms with Crippen molar-refractivity contribution in [3.63, 3.8) is 0 Å². The van der Waals surface area contributed by atoms with E-state index in [1.165, 1.54) is 0 Å². The topological polar surface area (TPSA) is 67.9 Å². The van der Waals surface area contributed by atoms with Crippen LogP contribution in [-0.2, 0) is 4.79 Å². The second kappa shape index (κ2) is 8.14. The van der Waals surface area contributed by atoms with Crippen molar-refractivity contribution < 1.29 is 19.1 Å². The number of fused-ring (bicyclic) bond motifs is 1. The van der Waals surface area contributed by atoms with Crippen LogP contribution in [0.3, 0.4) is 0 Å². The first-order valence-electron chi connectivity index (χ1n) is 9.29. The van der Waals surface area contributed by atoms with Crippen LogP contribution in [0.15, 0.2) is 42.5 Å². The van der Waals surface area contributed by atoms with Crippen molar-refractivity contribution in [3.05, 3.63) is 53.6 Å². The number of amides is 2.